The summed E-state index contributed by atoms with van der Waals surface area (Å²) in [4.78, 5) is 29.1. The second-order valence-electron chi connectivity index (χ2n) is 5.80. The Kier molecular flexibility index (Phi) is 4.93. The van der Waals surface area contributed by atoms with E-state index in [1.54, 1.807) is 16.9 Å². The van der Waals surface area contributed by atoms with Crippen LogP contribution in [0.2, 0.25) is 0 Å². The molecule has 1 aromatic rings. The van der Waals surface area contributed by atoms with Crippen molar-refractivity contribution in [2.75, 3.05) is 46.6 Å². The Morgan fingerprint density at radius 1 is 1.30 bits per heavy atom. The molecule has 0 spiro atoms. The Hall–Kier alpha value is -1.92. The second-order valence-corrected chi connectivity index (χ2v) is 5.80. The number of nitrogens with zero attached hydrogens (tertiary/aromatic N) is 2. The first-order valence-corrected chi connectivity index (χ1v) is 7.95. The number of carbonyl (C=O) groups excluding carboxylic acids is 2. The quantitative estimate of drug-likeness (QED) is 0.816. The number of morpholine rings is 1. The lowest BCUT2D eigenvalue weighted by molar-refractivity contribution is -0.150. The maximum absolute atomic E-state index is 13.1. The lowest BCUT2D eigenvalue weighted by atomic mass is 9.91. The largest absolute Gasteiger partial charge is 0.383 e. The molecule has 0 N–H and O–H groups in total. The first-order valence-electron chi connectivity index (χ1n) is 7.95. The fourth-order valence-electron chi connectivity index (χ4n) is 3.20. The highest BCUT2D eigenvalue weighted by Gasteiger charge is 2.39. The third-order valence-electron chi connectivity index (χ3n) is 4.42. The van der Waals surface area contributed by atoms with Crippen molar-refractivity contribution in [1.29, 1.82) is 0 Å². The molecule has 6 nitrogen and oxygen atoms in total. The first kappa shape index (κ1) is 16.0. The minimum atomic E-state index is -0.555. The van der Waals surface area contributed by atoms with Crippen molar-refractivity contribution < 1.29 is 19.1 Å². The summed E-state index contributed by atoms with van der Waals surface area (Å²) in [6.07, 6.45) is 0.340. The van der Waals surface area contributed by atoms with Gasteiger partial charge >= 0.3 is 0 Å². The van der Waals surface area contributed by atoms with E-state index in [1.807, 2.05) is 24.3 Å². The summed E-state index contributed by atoms with van der Waals surface area (Å²) in [5, 5.41) is 0. The predicted molar refractivity (Wildman–Crippen MR) is 83.9 cm³/mol. The third kappa shape index (κ3) is 3.23. The van der Waals surface area contributed by atoms with Gasteiger partial charge in [0.15, 0.2) is 0 Å². The van der Waals surface area contributed by atoms with Gasteiger partial charge in [0.25, 0.3) is 0 Å². The summed E-state index contributed by atoms with van der Waals surface area (Å²) < 4.78 is 10.4. The van der Waals surface area contributed by atoms with E-state index in [-0.39, 0.29) is 11.8 Å². The summed E-state index contributed by atoms with van der Waals surface area (Å²) in [6.45, 7) is 3.08. The summed E-state index contributed by atoms with van der Waals surface area (Å²) in [7, 11) is 1.60. The molecule has 2 amide bonds. The molecule has 3 rings (SSSR count). The molecule has 23 heavy (non-hydrogen) atoms. The molecule has 0 radical (unpaired) electrons. The van der Waals surface area contributed by atoms with Gasteiger partial charge in [-0.2, -0.15) is 0 Å². The number of benzene rings is 1. The van der Waals surface area contributed by atoms with Crippen LogP contribution in [0.15, 0.2) is 24.3 Å². The molecule has 0 aliphatic carbocycles. The van der Waals surface area contributed by atoms with Gasteiger partial charge in [0.2, 0.25) is 11.8 Å². The number of methoxy groups -OCH3 is 1. The Bertz CT molecular complexity index is 584. The van der Waals surface area contributed by atoms with Crippen LogP contribution < -0.4 is 0 Å². The van der Waals surface area contributed by atoms with E-state index < -0.39 is 6.04 Å². The Morgan fingerprint density at radius 2 is 2.04 bits per heavy atom. The van der Waals surface area contributed by atoms with Crippen LogP contribution in [0.3, 0.4) is 0 Å². The third-order valence-corrected chi connectivity index (χ3v) is 4.42. The van der Waals surface area contributed by atoms with E-state index in [1.165, 1.54) is 0 Å². The molecule has 2 aliphatic rings. The minimum Gasteiger partial charge on any atom is -0.383 e. The van der Waals surface area contributed by atoms with E-state index in [4.69, 9.17) is 9.47 Å². The fourth-order valence-corrected chi connectivity index (χ4v) is 3.20. The summed E-state index contributed by atoms with van der Waals surface area (Å²) >= 11 is 0. The number of hydrogen-bond donors (Lipinski definition) is 0. The molecule has 6 heteroatoms. The normalized spacial score (nSPS) is 21.3. The van der Waals surface area contributed by atoms with Gasteiger partial charge in [-0.3, -0.25) is 9.59 Å². The molecule has 0 aromatic heterocycles. The van der Waals surface area contributed by atoms with Gasteiger partial charge in [0.05, 0.1) is 26.2 Å². The molecule has 124 valence electrons. The molecule has 1 saturated heterocycles. The van der Waals surface area contributed by atoms with Crippen molar-refractivity contribution in [3.8, 4) is 0 Å². The van der Waals surface area contributed by atoms with Crippen molar-refractivity contribution in [3.63, 3.8) is 0 Å². The van der Waals surface area contributed by atoms with Crippen LogP contribution >= 0.6 is 0 Å². The minimum absolute atomic E-state index is 0.0210. The number of fused-ring (bicyclic) bond motifs is 1. The van der Waals surface area contributed by atoms with Gasteiger partial charge in [0, 0.05) is 26.7 Å². The van der Waals surface area contributed by atoms with Crippen molar-refractivity contribution in [2.24, 2.45) is 0 Å². The summed E-state index contributed by atoms with van der Waals surface area (Å²) in [5.41, 5.74) is 1.87. The van der Waals surface area contributed by atoms with Crippen molar-refractivity contribution in [1.82, 2.24) is 9.80 Å². The molecule has 2 heterocycles. The average Bonchev–Trinajstić information content (AvgIpc) is 2.59. The maximum Gasteiger partial charge on any atom is 0.250 e. The summed E-state index contributed by atoms with van der Waals surface area (Å²) in [5.74, 6) is -0.0442. The molecule has 0 unspecified atom stereocenters. The highest BCUT2D eigenvalue weighted by molar-refractivity contribution is 5.92. The van der Waals surface area contributed by atoms with Crippen LogP contribution in [-0.4, -0.2) is 68.2 Å². The zero-order valence-corrected chi connectivity index (χ0v) is 13.4. The second kappa shape index (κ2) is 7.10. The van der Waals surface area contributed by atoms with Gasteiger partial charge < -0.3 is 19.3 Å². The average molecular weight is 318 g/mol. The molecule has 0 saturated carbocycles. The first-order chi connectivity index (χ1) is 11.2. The van der Waals surface area contributed by atoms with Gasteiger partial charge in [-0.15, -0.1) is 0 Å². The lowest BCUT2D eigenvalue weighted by Crippen LogP contribution is -2.51. The lowest BCUT2D eigenvalue weighted by Gasteiger charge is -2.39. The van der Waals surface area contributed by atoms with Crippen molar-refractivity contribution >= 4 is 11.8 Å². The van der Waals surface area contributed by atoms with E-state index in [9.17, 15) is 9.59 Å². The smallest absolute Gasteiger partial charge is 0.250 e. The van der Waals surface area contributed by atoms with Crippen LogP contribution in [0, 0.1) is 0 Å². The van der Waals surface area contributed by atoms with Gasteiger partial charge in [-0.05, 0) is 11.1 Å². The van der Waals surface area contributed by atoms with E-state index in [2.05, 4.69) is 0 Å². The van der Waals surface area contributed by atoms with Gasteiger partial charge in [0.1, 0.15) is 6.04 Å². The SMILES string of the molecule is COCCN1C(=O)Cc2ccccc2[C@@H]1C(=O)N1CCOCC1. The zero-order valence-electron chi connectivity index (χ0n) is 13.4. The predicted octanol–water partition coefficient (Wildman–Crippen LogP) is 0.618. The summed E-state index contributed by atoms with van der Waals surface area (Å²) in [6, 6.07) is 7.15. The Labute approximate surface area is 136 Å². The van der Waals surface area contributed by atoms with Crippen molar-refractivity contribution in [2.45, 2.75) is 12.5 Å². The topological polar surface area (TPSA) is 59.1 Å². The number of carbonyl (C=O) groups is 2. The molecule has 1 atom stereocenters. The highest BCUT2D eigenvalue weighted by Crippen LogP contribution is 2.32. The number of amides is 2. The molecule has 0 bridgehead atoms. The standard InChI is InChI=1S/C17H22N2O4/c1-22-9-8-19-15(20)12-13-4-2-3-5-14(13)16(19)17(21)18-6-10-23-11-7-18/h2-5,16H,6-12H2,1H3/t16-/m1/s1. The Balaban J connectivity index is 1.93. The Morgan fingerprint density at radius 3 is 2.78 bits per heavy atom. The fraction of sp³-hybridized carbons (Fsp3) is 0.529. The van der Waals surface area contributed by atoms with Crippen molar-refractivity contribution in [3.05, 3.63) is 35.4 Å². The molecule has 2 aliphatic heterocycles. The van der Waals surface area contributed by atoms with E-state index >= 15 is 0 Å². The molecule has 1 fully saturated rings. The highest BCUT2D eigenvalue weighted by atomic mass is 16.5. The number of ether oxygens (including phenoxy) is 2. The van der Waals surface area contributed by atoms with Crippen LogP contribution in [0.5, 0.6) is 0 Å². The van der Waals surface area contributed by atoms with Gasteiger partial charge in [-0.1, -0.05) is 24.3 Å². The van der Waals surface area contributed by atoms with Gasteiger partial charge in [-0.25, -0.2) is 0 Å². The van der Waals surface area contributed by atoms with Crippen LogP contribution in [0.4, 0.5) is 0 Å². The van der Waals surface area contributed by atoms with Crippen LogP contribution in [-0.2, 0) is 25.5 Å². The molecular formula is C17H22N2O4. The monoisotopic (exact) mass is 318 g/mol. The van der Waals surface area contributed by atoms with Crippen LogP contribution in [0.25, 0.3) is 0 Å². The molecular weight excluding hydrogens is 296 g/mol. The maximum atomic E-state index is 13.1. The van der Waals surface area contributed by atoms with Crippen LogP contribution in [0.1, 0.15) is 17.2 Å². The van der Waals surface area contributed by atoms with E-state index in [0.717, 1.165) is 11.1 Å². The molecule has 1 aromatic carbocycles. The zero-order chi connectivity index (χ0) is 16.2. The number of hydrogen-bond acceptors (Lipinski definition) is 4. The number of rotatable bonds is 4. The van der Waals surface area contributed by atoms with E-state index in [0.29, 0.717) is 45.9 Å².